The molecule has 0 saturated heterocycles. The summed E-state index contributed by atoms with van der Waals surface area (Å²) in [6.45, 7) is 8.56. The summed E-state index contributed by atoms with van der Waals surface area (Å²) in [5, 5.41) is 0. The lowest BCUT2D eigenvalue weighted by Gasteiger charge is -2.29. The predicted molar refractivity (Wildman–Crippen MR) is 139 cm³/mol. The minimum atomic E-state index is -1.24. The standard InChI is InChI=1S/C25H32BrN3O4Si/c1-34(2,3)17-16-32-19-29(23-22(26)10-7-13-27-23)24(30)21-11-14-28(15-12-21)25(31)33-18-20-8-5-4-6-9-20/h4-11,13H,12,14-19H2,1-3H3. The first-order valence-electron chi connectivity index (χ1n) is 11.4. The summed E-state index contributed by atoms with van der Waals surface area (Å²) < 4.78 is 12.0. The Morgan fingerprint density at radius 1 is 1.15 bits per heavy atom. The van der Waals surface area contributed by atoms with Crippen LogP contribution in [-0.4, -0.2) is 56.4 Å². The first kappa shape index (κ1) is 26.1. The van der Waals surface area contributed by atoms with Crippen molar-refractivity contribution in [3.05, 3.63) is 70.3 Å². The van der Waals surface area contributed by atoms with Gasteiger partial charge in [0.25, 0.3) is 5.91 Å². The summed E-state index contributed by atoms with van der Waals surface area (Å²) in [5.41, 5.74) is 1.57. The van der Waals surface area contributed by atoms with Gasteiger partial charge in [-0.3, -0.25) is 9.69 Å². The Morgan fingerprint density at radius 2 is 1.91 bits per heavy atom. The molecule has 1 aliphatic rings. The molecule has 2 amide bonds. The Bertz CT molecular complexity index is 1010. The van der Waals surface area contributed by atoms with Gasteiger partial charge in [-0.25, -0.2) is 9.78 Å². The lowest BCUT2D eigenvalue weighted by molar-refractivity contribution is -0.116. The molecule has 0 unspecified atom stereocenters. The average molecular weight is 547 g/mol. The van der Waals surface area contributed by atoms with Gasteiger partial charge in [-0.05, 0) is 46.1 Å². The van der Waals surface area contributed by atoms with Crippen LogP contribution in [0.2, 0.25) is 25.7 Å². The second kappa shape index (κ2) is 12.3. The number of pyridine rings is 1. The molecule has 0 bridgehead atoms. The Labute approximate surface area is 210 Å². The number of rotatable bonds is 9. The zero-order valence-corrected chi connectivity index (χ0v) is 22.6. The van der Waals surface area contributed by atoms with Crippen molar-refractivity contribution in [3.8, 4) is 0 Å². The molecule has 0 saturated carbocycles. The third-order valence-electron chi connectivity index (χ3n) is 5.40. The van der Waals surface area contributed by atoms with Gasteiger partial charge in [0, 0.05) is 39.5 Å². The lowest BCUT2D eigenvalue weighted by atomic mass is 10.1. The predicted octanol–water partition coefficient (Wildman–Crippen LogP) is 5.46. The quantitative estimate of drug-likeness (QED) is 0.237. The number of ether oxygens (including phenoxy) is 2. The summed E-state index contributed by atoms with van der Waals surface area (Å²) in [6.07, 6.45) is 3.50. The van der Waals surface area contributed by atoms with Crippen LogP contribution in [0.25, 0.3) is 0 Å². The Morgan fingerprint density at radius 3 is 2.56 bits per heavy atom. The number of hydrogen-bond donors (Lipinski definition) is 0. The van der Waals surface area contributed by atoms with E-state index in [1.165, 1.54) is 0 Å². The van der Waals surface area contributed by atoms with Crippen molar-refractivity contribution >= 4 is 41.8 Å². The number of aromatic nitrogens is 1. The van der Waals surface area contributed by atoms with Crippen LogP contribution in [0.1, 0.15) is 12.0 Å². The van der Waals surface area contributed by atoms with Crippen LogP contribution in [0.4, 0.5) is 10.6 Å². The fraction of sp³-hybridized carbons (Fsp3) is 0.400. The molecule has 182 valence electrons. The maximum absolute atomic E-state index is 13.4. The number of benzene rings is 1. The van der Waals surface area contributed by atoms with Gasteiger partial charge in [0.15, 0.2) is 5.82 Å². The number of carbonyl (C=O) groups is 2. The normalized spacial score (nSPS) is 13.9. The van der Waals surface area contributed by atoms with E-state index in [2.05, 4.69) is 40.6 Å². The molecular weight excluding hydrogens is 514 g/mol. The van der Waals surface area contributed by atoms with E-state index < -0.39 is 8.07 Å². The molecule has 0 atom stereocenters. The highest BCUT2D eigenvalue weighted by atomic mass is 79.9. The largest absolute Gasteiger partial charge is 0.445 e. The molecule has 1 aromatic heterocycles. The summed E-state index contributed by atoms with van der Waals surface area (Å²) >= 11 is 3.50. The molecule has 0 spiro atoms. The van der Waals surface area contributed by atoms with Gasteiger partial charge in [-0.2, -0.15) is 0 Å². The van der Waals surface area contributed by atoms with Crippen LogP contribution in [0.5, 0.6) is 0 Å². The van der Waals surface area contributed by atoms with E-state index in [-0.39, 0.29) is 25.3 Å². The highest BCUT2D eigenvalue weighted by Gasteiger charge is 2.27. The van der Waals surface area contributed by atoms with Crippen LogP contribution in [0.15, 0.2) is 64.8 Å². The van der Waals surface area contributed by atoms with E-state index >= 15 is 0 Å². The van der Waals surface area contributed by atoms with Crippen molar-refractivity contribution in [1.82, 2.24) is 9.88 Å². The molecule has 1 aromatic carbocycles. The van der Waals surface area contributed by atoms with Crippen molar-refractivity contribution in [2.75, 3.05) is 31.3 Å². The van der Waals surface area contributed by atoms with Crippen molar-refractivity contribution in [2.24, 2.45) is 0 Å². The van der Waals surface area contributed by atoms with Crippen LogP contribution in [0, 0.1) is 0 Å². The van der Waals surface area contributed by atoms with Gasteiger partial charge >= 0.3 is 6.09 Å². The molecule has 1 aliphatic heterocycles. The molecule has 9 heteroatoms. The van der Waals surface area contributed by atoms with Crippen LogP contribution < -0.4 is 4.90 Å². The van der Waals surface area contributed by atoms with E-state index in [1.807, 2.05) is 36.4 Å². The molecular formula is C25H32BrN3O4Si. The van der Waals surface area contributed by atoms with E-state index in [9.17, 15) is 9.59 Å². The Hall–Kier alpha value is -2.49. The summed E-state index contributed by atoms with van der Waals surface area (Å²) in [4.78, 5) is 33.4. The minimum absolute atomic E-state index is 0.124. The number of carbonyl (C=O) groups excluding carboxylic acids is 2. The van der Waals surface area contributed by atoms with Crippen LogP contribution in [0.3, 0.4) is 0 Å². The van der Waals surface area contributed by atoms with Crippen molar-refractivity contribution in [3.63, 3.8) is 0 Å². The molecule has 7 nitrogen and oxygen atoms in total. The zero-order valence-electron chi connectivity index (χ0n) is 20.0. The highest BCUT2D eigenvalue weighted by molar-refractivity contribution is 9.10. The summed E-state index contributed by atoms with van der Waals surface area (Å²) in [6, 6.07) is 14.2. The zero-order chi connectivity index (χ0) is 24.6. The second-order valence-electron chi connectivity index (χ2n) is 9.36. The number of hydrogen-bond acceptors (Lipinski definition) is 5. The topological polar surface area (TPSA) is 72.0 Å². The highest BCUT2D eigenvalue weighted by Crippen LogP contribution is 2.26. The molecule has 2 aromatic rings. The maximum Gasteiger partial charge on any atom is 0.410 e. The maximum atomic E-state index is 13.4. The van der Waals surface area contributed by atoms with Gasteiger partial charge in [-0.15, -0.1) is 0 Å². The summed E-state index contributed by atoms with van der Waals surface area (Å²) in [7, 11) is -1.24. The molecule has 0 aliphatic carbocycles. The first-order chi connectivity index (χ1) is 16.2. The third-order valence-corrected chi connectivity index (χ3v) is 7.73. The van der Waals surface area contributed by atoms with Crippen LogP contribution >= 0.6 is 15.9 Å². The van der Waals surface area contributed by atoms with Gasteiger partial charge < -0.3 is 14.4 Å². The summed E-state index contributed by atoms with van der Waals surface area (Å²) in [5.74, 6) is 0.357. The van der Waals surface area contributed by atoms with Gasteiger partial charge in [0.2, 0.25) is 0 Å². The fourth-order valence-electron chi connectivity index (χ4n) is 3.34. The van der Waals surface area contributed by atoms with Gasteiger partial charge in [0.1, 0.15) is 13.3 Å². The monoisotopic (exact) mass is 545 g/mol. The number of amides is 2. The number of anilines is 1. The minimum Gasteiger partial charge on any atom is -0.445 e. The molecule has 0 radical (unpaired) electrons. The smallest absolute Gasteiger partial charge is 0.410 e. The Kier molecular flexibility index (Phi) is 9.43. The number of nitrogens with zero attached hydrogens (tertiary/aromatic N) is 3. The second-order valence-corrected chi connectivity index (χ2v) is 15.8. The number of halogens is 1. The first-order valence-corrected chi connectivity index (χ1v) is 15.9. The van der Waals surface area contributed by atoms with Crippen molar-refractivity contribution in [2.45, 2.75) is 38.7 Å². The van der Waals surface area contributed by atoms with E-state index in [1.54, 1.807) is 28.1 Å². The molecule has 2 heterocycles. The average Bonchev–Trinajstić information content (AvgIpc) is 2.83. The van der Waals surface area contributed by atoms with Crippen LogP contribution in [-0.2, 0) is 20.9 Å². The lowest BCUT2D eigenvalue weighted by Crippen LogP contribution is -2.40. The molecule has 0 N–H and O–H groups in total. The Balaban J connectivity index is 1.62. The SMILES string of the molecule is C[Si](C)(C)CCOCN(C(=O)C1=CCN(C(=O)OCc2ccccc2)CC1)c1ncccc1Br. The van der Waals surface area contributed by atoms with E-state index in [4.69, 9.17) is 9.47 Å². The van der Waals surface area contributed by atoms with Gasteiger partial charge in [-0.1, -0.05) is 56.0 Å². The third kappa shape index (κ3) is 7.78. The fourth-order valence-corrected chi connectivity index (χ4v) is 4.57. The molecule has 3 rings (SSSR count). The van der Waals surface area contributed by atoms with E-state index in [0.29, 0.717) is 37.5 Å². The van der Waals surface area contributed by atoms with Crippen molar-refractivity contribution < 1.29 is 19.1 Å². The van der Waals surface area contributed by atoms with E-state index in [0.717, 1.165) is 16.1 Å². The van der Waals surface area contributed by atoms with Crippen molar-refractivity contribution in [1.29, 1.82) is 0 Å². The molecule has 34 heavy (non-hydrogen) atoms. The molecule has 0 fully saturated rings. The van der Waals surface area contributed by atoms with Gasteiger partial charge in [0.05, 0.1) is 4.47 Å².